The molecule has 0 spiro atoms. The van der Waals surface area contributed by atoms with Crippen molar-refractivity contribution in [2.24, 2.45) is 11.8 Å². The second-order valence-corrected chi connectivity index (χ2v) is 11.5. The first-order valence-corrected chi connectivity index (χ1v) is 13.4. The van der Waals surface area contributed by atoms with Crippen molar-refractivity contribution in [3.63, 3.8) is 0 Å². The average molecular weight is 523 g/mol. The largest absolute Gasteiger partial charge is 0.458 e. The smallest absolute Gasteiger partial charge is 0.317 e. The molecule has 3 heterocycles. The average Bonchev–Trinajstić information content (AvgIpc) is 3.50. The van der Waals surface area contributed by atoms with E-state index in [1.54, 1.807) is 30.5 Å². The first-order valence-electron chi connectivity index (χ1n) is 13.4. The van der Waals surface area contributed by atoms with Crippen molar-refractivity contribution in [3.05, 3.63) is 58.4 Å². The van der Waals surface area contributed by atoms with Crippen LogP contribution in [0.4, 0.5) is 4.39 Å². The monoisotopic (exact) mass is 522 g/mol. The van der Waals surface area contributed by atoms with Gasteiger partial charge in [-0.1, -0.05) is 25.0 Å². The molecule has 2 aromatic heterocycles. The van der Waals surface area contributed by atoms with Crippen molar-refractivity contribution in [2.75, 3.05) is 0 Å². The number of carbonyl (C=O) groups excluding carboxylic acids is 2. The van der Waals surface area contributed by atoms with Gasteiger partial charge >= 0.3 is 5.97 Å². The molecule has 0 bridgehead atoms. The van der Waals surface area contributed by atoms with Crippen LogP contribution in [0.3, 0.4) is 0 Å². The van der Waals surface area contributed by atoms with Crippen LogP contribution in [0.5, 0.6) is 0 Å². The summed E-state index contributed by atoms with van der Waals surface area (Å²) >= 11 is 0. The molecule has 3 aromatic rings. The lowest BCUT2D eigenvalue weighted by Crippen LogP contribution is -2.52. The molecule has 1 saturated carbocycles. The minimum atomic E-state index is -1.28. The number of halogens is 1. The molecule has 0 radical (unpaired) electrons. The van der Waals surface area contributed by atoms with E-state index in [9.17, 15) is 19.1 Å². The van der Waals surface area contributed by atoms with E-state index in [-0.39, 0.29) is 30.1 Å². The first kappa shape index (κ1) is 26.4. The van der Waals surface area contributed by atoms with E-state index < -0.39 is 28.9 Å². The summed E-state index contributed by atoms with van der Waals surface area (Å²) in [6, 6.07) is 6.71. The zero-order valence-corrected chi connectivity index (χ0v) is 22.5. The lowest BCUT2D eigenvalue weighted by molar-refractivity contribution is -0.185. The van der Waals surface area contributed by atoms with Crippen molar-refractivity contribution in [1.82, 2.24) is 19.6 Å². The summed E-state index contributed by atoms with van der Waals surface area (Å²) in [7, 11) is 0. The van der Waals surface area contributed by atoms with Gasteiger partial charge < -0.3 is 9.84 Å². The lowest BCUT2D eigenvalue weighted by Gasteiger charge is -2.43. The molecule has 5 rings (SSSR count). The van der Waals surface area contributed by atoms with Gasteiger partial charge in [-0.25, -0.2) is 13.9 Å². The van der Waals surface area contributed by atoms with Crippen LogP contribution in [0.25, 0.3) is 5.78 Å². The SMILES string of the molecule is Cc1cc(C)n2nc(CC3C(=O)CC(CCc4ccc(C(C)(C)O)c(F)c4)(C4CCCC4)OC3=O)nc2n1. The van der Waals surface area contributed by atoms with E-state index in [2.05, 4.69) is 15.1 Å². The quantitative estimate of drug-likeness (QED) is 0.363. The van der Waals surface area contributed by atoms with Crippen LogP contribution in [-0.4, -0.2) is 42.0 Å². The number of hydrogen-bond donors (Lipinski definition) is 1. The number of fused-ring (bicyclic) bond motifs is 1. The molecule has 1 aliphatic heterocycles. The molecule has 1 aliphatic carbocycles. The maximum absolute atomic E-state index is 14.7. The zero-order valence-electron chi connectivity index (χ0n) is 22.5. The highest BCUT2D eigenvalue weighted by atomic mass is 19.1. The highest BCUT2D eigenvalue weighted by Gasteiger charge is 2.51. The minimum Gasteiger partial charge on any atom is -0.458 e. The molecule has 2 atom stereocenters. The molecule has 2 aliphatic rings. The van der Waals surface area contributed by atoms with E-state index in [0.717, 1.165) is 42.6 Å². The standard InChI is InChI=1S/C29H35FN4O4/c1-17-13-18(2)34-27(31-17)32-25(33-34)15-21-24(35)16-29(38-26(21)36,20-7-5-6-8-20)12-11-19-9-10-22(23(30)14-19)28(3,4)37/h9-10,13-14,20-21,37H,5-8,11-12,15-16H2,1-4H3. The van der Waals surface area contributed by atoms with Crippen LogP contribution in [0, 0.1) is 31.5 Å². The number of esters is 1. The normalized spacial score (nSPS) is 22.8. The maximum atomic E-state index is 14.7. The van der Waals surface area contributed by atoms with Gasteiger partial charge in [-0.05, 0) is 77.0 Å². The number of aromatic nitrogens is 4. The van der Waals surface area contributed by atoms with Gasteiger partial charge in [0.05, 0.1) is 5.60 Å². The Balaban J connectivity index is 1.35. The van der Waals surface area contributed by atoms with E-state index in [1.807, 2.05) is 19.9 Å². The van der Waals surface area contributed by atoms with Crippen molar-refractivity contribution >= 4 is 17.5 Å². The zero-order chi connectivity index (χ0) is 27.2. The molecule has 38 heavy (non-hydrogen) atoms. The molecule has 2 unspecified atom stereocenters. The van der Waals surface area contributed by atoms with E-state index in [1.165, 1.54) is 6.07 Å². The number of aryl methyl sites for hydroxylation is 3. The van der Waals surface area contributed by atoms with Gasteiger partial charge in [0.25, 0.3) is 5.78 Å². The fraction of sp³-hybridized carbons (Fsp3) is 0.552. The lowest BCUT2D eigenvalue weighted by atomic mass is 9.73. The molecule has 1 aromatic carbocycles. The minimum absolute atomic E-state index is 0.0733. The number of aliphatic hydroxyl groups is 1. The van der Waals surface area contributed by atoms with Gasteiger partial charge in [0, 0.05) is 29.8 Å². The fourth-order valence-corrected chi connectivity index (χ4v) is 6.12. The Labute approximate surface area is 221 Å². The van der Waals surface area contributed by atoms with Crippen LogP contribution in [-0.2, 0) is 32.8 Å². The Hall–Kier alpha value is -3.20. The molecule has 8 nitrogen and oxygen atoms in total. The number of nitrogens with zero attached hydrogens (tertiary/aromatic N) is 4. The highest BCUT2D eigenvalue weighted by molar-refractivity contribution is 6.01. The Morgan fingerprint density at radius 1 is 1.16 bits per heavy atom. The van der Waals surface area contributed by atoms with Crippen LogP contribution < -0.4 is 0 Å². The number of Topliss-reactive ketones (excluding diaryl/α,β-unsaturated/α-hetero) is 1. The summed E-state index contributed by atoms with van der Waals surface area (Å²) in [6.45, 7) is 6.87. The molecule has 1 N–H and O–H groups in total. The number of rotatable bonds is 7. The number of ether oxygens (including phenoxy) is 1. The summed E-state index contributed by atoms with van der Waals surface area (Å²) in [5.41, 5.74) is 0.487. The van der Waals surface area contributed by atoms with Gasteiger partial charge in [-0.15, -0.1) is 5.10 Å². The number of cyclic esters (lactones) is 1. The van der Waals surface area contributed by atoms with E-state index >= 15 is 0 Å². The maximum Gasteiger partial charge on any atom is 0.317 e. The topological polar surface area (TPSA) is 107 Å². The Morgan fingerprint density at radius 2 is 1.89 bits per heavy atom. The van der Waals surface area contributed by atoms with Crippen molar-refractivity contribution in [1.29, 1.82) is 0 Å². The summed E-state index contributed by atoms with van der Waals surface area (Å²) in [5.74, 6) is -1.18. The van der Waals surface area contributed by atoms with Gasteiger partial charge in [0.2, 0.25) is 0 Å². The summed E-state index contributed by atoms with van der Waals surface area (Å²) < 4.78 is 22.5. The van der Waals surface area contributed by atoms with Crippen LogP contribution >= 0.6 is 0 Å². The number of hydrogen-bond acceptors (Lipinski definition) is 7. The van der Waals surface area contributed by atoms with Crippen molar-refractivity contribution in [2.45, 2.75) is 90.3 Å². The van der Waals surface area contributed by atoms with Gasteiger partial charge in [0.15, 0.2) is 11.6 Å². The summed E-state index contributed by atoms with van der Waals surface area (Å²) in [4.78, 5) is 35.6. The van der Waals surface area contributed by atoms with E-state index in [0.29, 0.717) is 24.4 Å². The predicted molar refractivity (Wildman–Crippen MR) is 138 cm³/mol. The molecule has 9 heteroatoms. The predicted octanol–water partition coefficient (Wildman–Crippen LogP) is 4.34. The molecule has 0 amide bonds. The molecular formula is C29H35FN4O4. The third-order valence-electron chi connectivity index (χ3n) is 8.13. The van der Waals surface area contributed by atoms with Crippen LogP contribution in [0.2, 0.25) is 0 Å². The first-order chi connectivity index (χ1) is 17.9. The fourth-order valence-electron chi connectivity index (χ4n) is 6.12. The summed E-state index contributed by atoms with van der Waals surface area (Å²) in [5, 5.41) is 14.7. The summed E-state index contributed by atoms with van der Waals surface area (Å²) in [6.07, 6.45) is 4.99. The third kappa shape index (κ3) is 5.08. The molecule has 2 fully saturated rings. The molecular weight excluding hydrogens is 487 g/mol. The third-order valence-corrected chi connectivity index (χ3v) is 8.13. The van der Waals surface area contributed by atoms with Gasteiger partial charge in [0.1, 0.15) is 17.3 Å². The van der Waals surface area contributed by atoms with Crippen LogP contribution in [0.1, 0.15) is 80.7 Å². The van der Waals surface area contributed by atoms with Crippen LogP contribution in [0.15, 0.2) is 24.3 Å². The van der Waals surface area contributed by atoms with Crippen molar-refractivity contribution < 1.29 is 23.8 Å². The van der Waals surface area contributed by atoms with Crippen molar-refractivity contribution in [3.8, 4) is 0 Å². The Morgan fingerprint density at radius 3 is 2.55 bits per heavy atom. The number of benzene rings is 1. The molecule has 202 valence electrons. The van der Waals surface area contributed by atoms with E-state index in [4.69, 9.17) is 4.74 Å². The number of carbonyl (C=O) groups is 2. The Kier molecular flexibility index (Phi) is 6.84. The number of ketones is 1. The van der Waals surface area contributed by atoms with Gasteiger partial charge in [-0.3, -0.25) is 9.59 Å². The second-order valence-electron chi connectivity index (χ2n) is 11.5. The molecule has 1 saturated heterocycles. The second kappa shape index (κ2) is 9.84. The highest BCUT2D eigenvalue weighted by Crippen LogP contribution is 2.45. The Bertz CT molecular complexity index is 1370. The van der Waals surface area contributed by atoms with Gasteiger partial charge in [-0.2, -0.15) is 4.98 Å².